The van der Waals surface area contributed by atoms with Gasteiger partial charge in [0.25, 0.3) is 0 Å². The largest absolute Gasteiger partial charge is 0.486 e. The number of fused-ring (bicyclic) bond motifs is 1. The van der Waals surface area contributed by atoms with Crippen LogP contribution in [0, 0.1) is 6.92 Å². The number of rotatable bonds is 1. The Kier molecular flexibility index (Phi) is 2.15. The van der Waals surface area contributed by atoms with Gasteiger partial charge in [0.1, 0.15) is 13.2 Å². The van der Waals surface area contributed by atoms with E-state index in [0.29, 0.717) is 36.0 Å². The quantitative estimate of drug-likeness (QED) is 0.675. The first-order chi connectivity index (χ1) is 7.11. The fourth-order valence-electron chi connectivity index (χ4n) is 1.59. The maximum Gasteiger partial charge on any atom is 0.336 e. The minimum absolute atomic E-state index is 0.150. The van der Waals surface area contributed by atoms with Crippen LogP contribution in [0.5, 0.6) is 11.5 Å². The van der Waals surface area contributed by atoms with Crippen molar-refractivity contribution in [3.05, 3.63) is 17.2 Å². The van der Waals surface area contributed by atoms with Gasteiger partial charge in [0.2, 0.25) is 0 Å². The van der Waals surface area contributed by atoms with E-state index in [1.807, 2.05) is 0 Å². The molecule has 0 atom stereocenters. The summed E-state index contributed by atoms with van der Waals surface area (Å²) in [5.41, 5.74) is 6.68. The zero-order chi connectivity index (χ0) is 11.0. The number of anilines is 1. The second-order valence-electron chi connectivity index (χ2n) is 3.30. The first-order valence-electron chi connectivity index (χ1n) is 4.53. The number of carbonyl (C=O) groups is 1. The molecule has 80 valence electrons. The molecule has 2 rings (SSSR count). The number of hydrogen-bond acceptors (Lipinski definition) is 4. The van der Waals surface area contributed by atoms with Gasteiger partial charge in [-0.15, -0.1) is 0 Å². The predicted molar refractivity (Wildman–Crippen MR) is 53.5 cm³/mol. The highest BCUT2D eigenvalue weighted by atomic mass is 16.6. The average molecular weight is 209 g/mol. The monoisotopic (exact) mass is 209 g/mol. The van der Waals surface area contributed by atoms with Crippen LogP contribution in [-0.2, 0) is 0 Å². The van der Waals surface area contributed by atoms with Crippen molar-refractivity contribution in [1.29, 1.82) is 0 Å². The van der Waals surface area contributed by atoms with Crippen LogP contribution in [0.4, 0.5) is 5.69 Å². The number of nitrogen functional groups attached to an aromatic ring is 1. The molecule has 0 bridgehead atoms. The van der Waals surface area contributed by atoms with Crippen molar-refractivity contribution >= 4 is 11.7 Å². The zero-order valence-electron chi connectivity index (χ0n) is 8.24. The van der Waals surface area contributed by atoms with E-state index >= 15 is 0 Å². The first-order valence-corrected chi connectivity index (χ1v) is 4.53. The highest BCUT2D eigenvalue weighted by Gasteiger charge is 2.22. The van der Waals surface area contributed by atoms with Crippen molar-refractivity contribution in [3.8, 4) is 11.5 Å². The molecule has 5 heteroatoms. The van der Waals surface area contributed by atoms with Crippen LogP contribution in [0.3, 0.4) is 0 Å². The molecular formula is C10H11NO4. The lowest BCUT2D eigenvalue weighted by Gasteiger charge is -2.22. The summed E-state index contributed by atoms with van der Waals surface area (Å²) in [5, 5.41) is 8.94. The van der Waals surface area contributed by atoms with Gasteiger partial charge in [-0.05, 0) is 13.0 Å². The van der Waals surface area contributed by atoms with Crippen molar-refractivity contribution in [2.75, 3.05) is 18.9 Å². The molecule has 5 nitrogen and oxygen atoms in total. The van der Waals surface area contributed by atoms with E-state index in [9.17, 15) is 4.79 Å². The van der Waals surface area contributed by atoms with Crippen LogP contribution in [0.15, 0.2) is 6.07 Å². The molecule has 1 heterocycles. The molecule has 0 fully saturated rings. The van der Waals surface area contributed by atoms with Crippen molar-refractivity contribution in [1.82, 2.24) is 0 Å². The molecule has 0 amide bonds. The van der Waals surface area contributed by atoms with E-state index in [1.54, 1.807) is 6.92 Å². The molecule has 0 radical (unpaired) electrons. The van der Waals surface area contributed by atoms with Gasteiger partial charge in [0.05, 0.1) is 11.3 Å². The summed E-state index contributed by atoms with van der Waals surface area (Å²) in [4.78, 5) is 10.9. The van der Waals surface area contributed by atoms with Crippen LogP contribution in [0.1, 0.15) is 15.9 Å². The summed E-state index contributed by atoms with van der Waals surface area (Å²) < 4.78 is 10.7. The summed E-state index contributed by atoms with van der Waals surface area (Å²) in [6, 6.07) is 1.39. The minimum Gasteiger partial charge on any atom is -0.486 e. The number of carboxylic acid groups (broad SMARTS) is 1. The van der Waals surface area contributed by atoms with E-state index in [4.69, 9.17) is 20.3 Å². The van der Waals surface area contributed by atoms with Gasteiger partial charge in [0.15, 0.2) is 11.5 Å². The number of nitrogens with two attached hydrogens (primary N) is 1. The van der Waals surface area contributed by atoms with Gasteiger partial charge in [-0.2, -0.15) is 0 Å². The van der Waals surface area contributed by atoms with Gasteiger partial charge < -0.3 is 20.3 Å². The smallest absolute Gasteiger partial charge is 0.336 e. The van der Waals surface area contributed by atoms with Crippen molar-refractivity contribution < 1.29 is 19.4 Å². The van der Waals surface area contributed by atoms with E-state index in [-0.39, 0.29) is 5.56 Å². The number of benzene rings is 1. The van der Waals surface area contributed by atoms with Crippen LogP contribution in [0.25, 0.3) is 0 Å². The van der Waals surface area contributed by atoms with Gasteiger partial charge in [-0.1, -0.05) is 0 Å². The average Bonchev–Trinajstić information content (AvgIpc) is 2.23. The van der Waals surface area contributed by atoms with Crippen molar-refractivity contribution in [3.63, 3.8) is 0 Å². The molecule has 0 unspecified atom stereocenters. The Balaban J connectivity index is 2.64. The van der Waals surface area contributed by atoms with Gasteiger partial charge in [-0.3, -0.25) is 0 Å². The highest BCUT2D eigenvalue weighted by Crippen LogP contribution is 2.40. The lowest BCUT2D eigenvalue weighted by atomic mass is 10.1. The van der Waals surface area contributed by atoms with E-state index in [1.165, 1.54) is 6.07 Å². The summed E-state index contributed by atoms with van der Waals surface area (Å²) >= 11 is 0. The van der Waals surface area contributed by atoms with Crippen LogP contribution >= 0.6 is 0 Å². The Morgan fingerprint density at radius 2 is 2.00 bits per heavy atom. The molecule has 15 heavy (non-hydrogen) atoms. The third kappa shape index (κ3) is 1.45. The van der Waals surface area contributed by atoms with Crippen LogP contribution in [-0.4, -0.2) is 24.3 Å². The Labute approximate surface area is 86.4 Å². The minimum atomic E-state index is -1.02. The molecule has 0 saturated carbocycles. The van der Waals surface area contributed by atoms with Gasteiger partial charge in [-0.25, -0.2) is 4.79 Å². The molecule has 1 aliphatic rings. The summed E-state index contributed by atoms with van der Waals surface area (Å²) in [5.74, 6) is -0.126. The topological polar surface area (TPSA) is 81.8 Å². The van der Waals surface area contributed by atoms with Crippen LogP contribution < -0.4 is 15.2 Å². The molecule has 0 saturated heterocycles. The molecule has 1 aliphatic heterocycles. The van der Waals surface area contributed by atoms with E-state index < -0.39 is 5.97 Å². The van der Waals surface area contributed by atoms with Gasteiger partial charge >= 0.3 is 5.97 Å². The van der Waals surface area contributed by atoms with Crippen LogP contribution in [0.2, 0.25) is 0 Å². The zero-order valence-corrected chi connectivity index (χ0v) is 8.24. The van der Waals surface area contributed by atoms with E-state index in [0.717, 1.165) is 0 Å². The second-order valence-corrected chi connectivity index (χ2v) is 3.30. The molecule has 1 aromatic rings. The normalized spacial score (nSPS) is 13.7. The molecule has 0 aromatic heterocycles. The second kappa shape index (κ2) is 3.34. The molecule has 3 N–H and O–H groups in total. The summed E-state index contributed by atoms with van der Waals surface area (Å²) in [7, 11) is 0. The van der Waals surface area contributed by atoms with E-state index in [2.05, 4.69) is 0 Å². The highest BCUT2D eigenvalue weighted by molar-refractivity contribution is 5.92. The number of hydrogen-bond donors (Lipinski definition) is 2. The maximum absolute atomic E-state index is 10.9. The fourth-order valence-corrected chi connectivity index (χ4v) is 1.59. The predicted octanol–water partition coefficient (Wildman–Crippen LogP) is 1.05. The Hall–Kier alpha value is -1.91. The third-order valence-electron chi connectivity index (χ3n) is 2.32. The summed E-state index contributed by atoms with van der Waals surface area (Å²) in [6.45, 7) is 2.52. The standard InChI is InChI=1S/C10H11NO4/c1-5-6(10(12)13)4-7(11)9-8(5)14-2-3-15-9/h4H,2-3,11H2,1H3,(H,12,13). The fraction of sp³-hybridized carbons (Fsp3) is 0.300. The molecule has 0 spiro atoms. The lowest BCUT2D eigenvalue weighted by molar-refractivity contribution is 0.0695. The number of aromatic carboxylic acids is 1. The summed E-state index contributed by atoms with van der Waals surface area (Å²) in [6.07, 6.45) is 0. The maximum atomic E-state index is 10.9. The Bertz CT molecular complexity index is 428. The Morgan fingerprint density at radius 3 is 2.60 bits per heavy atom. The van der Waals surface area contributed by atoms with Crippen molar-refractivity contribution in [2.45, 2.75) is 6.92 Å². The molecule has 0 aliphatic carbocycles. The molecule has 1 aromatic carbocycles. The SMILES string of the molecule is Cc1c(C(=O)O)cc(N)c2c1OCCO2. The Morgan fingerprint density at radius 1 is 1.40 bits per heavy atom. The first kappa shape index (κ1) is 9.64. The molecular weight excluding hydrogens is 198 g/mol. The third-order valence-corrected chi connectivity index (χ3v) is 2.32. The number of carboxylic acids is 1. The lowest BCUT2D eigenvalue weighted by Crippen LogP contribution is -2.18. The van der Waals surface area contributed by atoms with Crippen molar-refractivity contribution in [2.24, 2.45) is 0 Å². The van der Waals surface area contributed by atoms with Gasteiger partial charge in [0, 0.05) is 5.56 Å². The number of ether oxygens (including phenoxy) is 2.